The Hall–Kier alpha value is -7.24. The Morgan fingerprint density at radius 2 is 1.06 bits per heavy atom. The average molecular weight is 679 g/mol. The summed E-state index contributed by atoms with van der Waals surface area (Å²) in [6, 6.07) is 56.7. The predicted molar refractivity (Wildman–Crippen MR) is 215 cm³/mol. The van der Waals surface area contributed by atoms with Gasteiger partial charge in [-0.3, -0.25) is 9.97 Å². The summed E-state index contributed by atoms with van der Waals surface area (Å²) < 4.78 is 6.16. The Balaban J connectivity index is 1.18. The molecule has 0 N–H and O–H groups in total. The first-order chi connectivity index (χ1) is 26.2. The molecule has 0 saturated heterocycles. The van der Waals surface area contributed by atoms with Crippen LogP contribution in [0.25, 0.3) is 100 Å². The fraction of sp³-hybridized carbons (Fsp3) is 0. The Labute approximate surface area is 305 Å². The molecule has 0 unspecified atom stereocenters. The molecule has 0 fully saturated rings. The molecule has 0 saturated carbocycles. The minimum absolute atomic E-state index is 0.664. The monoisotopic (exact) mass is 678 g/mol. The van der Waals surface area contributed by atoms with Gasteiger partial charge in [0.2, 0.25) is 0 Å². The molecule has 0 aliphatic heterocycles. The highest BCUT2D eigenvalue weighted by molar-refractivity contribution is 6.06. The number of rotatable bonds is 6. The lowest BCUT2D eigenvalue weighted by Gasteiger charge is -2.14. The van der Waals surface area contributed by atoms with Crippen molar-refractivity contribution in [3.63, 3.8) is 0 Å². The van der Waals surface area contributed by atoms with Crippen LogP contribution in [0.4, 0.5) is 0 Å². The van der Waals surface area contributed by atoms with Crippen molar-refractivity contribution in [3.8, 4) is 67.3 Å². The van der Waals surface area contributed by atoms with Crippen molar-refractivity contribution < 1.29 is 4.42 Å². The van der Waals surface area contributed by atoms with E-state index in [0.717, 1.165) is 94.3 Å². The van der Waals surface area contributed by atoms with Gasteiger partial charge in [-0.25, -0.2) is 9.97 Å². The van der Waals surface area contributed by atoms with Gasteiger partial charge in [0.25, 0.3) is 0 Å². The summed E-state index contributed by atoms with van der Waals surface area (Å²) in [6.07, 6.45) is 5.54. The molecule has 248 valence electrons. The second kappa shape index (κ2) is 12.8. The predicted octanol–water partition coefficient (Wildman–Crippen LogP) is 12.3. The highest BCUT2D eigenvalue weighted by Crippen LogP contribution is 2.38. The first kappa shape index (κ1) is 30.6. The lowest BCUT2D eigenvalue weighted by atomic mass is 9.92. The third-order valence-corrected chi connectivity index (χ3v) is 9.83. The van der Waals surface area contributed by atoms with E-state index in [9.17, 15) is 0 Å². The summed E-state index contributed by atoms with van der Waals surface area (Å²) >= 11 is 0. The zero-order valence-electron chi connectivity index (χ0n) is 28.5. The zero-order chi connectivity index (χ0) is 35.1. The number of para-hydroxylation sites is 1. The lowest BCUT2D eigenvalue weighted by Crippen LogP contribution is -1.96. The summed E-state index contributed by atoms with van der Waals surface area (Å²) in [7, 11) is 0. The minimum Gasteiger partial charge on any atom is -0.456 e. The van der Waals surface area contributed by atoms with Crippen molar-refractivity contribution >= 4 is 32.8 Å². The molecule has 0 aliphatic rings. The minimum atomic E-state index is 0.664. The molecule has 4 aromatic heterocycles. The largest absolute Gasteiger partial charge is 0.456 e. The second-order valence-corrected chi connectivity index (χ2v) is 13.1. The molecular weight excluding hydrogens is 649 g/mol. The topological polar surface area (TPSA) is 64.7 Å². The number of pyridine rings is 2. The number of fused-ring (bicyclic) bond motifs is 4. The summed E-state index contributed by atoms with van der Waals surface area (Å²) in [6.45, 7) is 0. The Kier molecular flexibility index (Phi) is 7.40. The van der Waals surface area contributed by atoms with Crippen LogP contribution >= 0.6 is 0 Å². The van der Waals surface area contributed by atoms with E-state index in [4.69, 9.17) is 14.4 Å². The van der Waals surface area contributed by atoms with Gasteiger partial charge < -0.3 is 4.42 Å². The maximum absolute atomic E-state index is 6.16. The van der Waals surface area contributed by atoms with Gasteiger partial charge in [0, 0.05) is 51.4 Å². The summed E-state index contributed by atoms with van der Waals surface area (Å²) in [5.41, 5.74) is 13.9. The van der Waals surface area contributed by atoms with Crippen LogP contribution in [0, 0.1) is 0 Å². The third-order valence-electron chi connectivity index (χ3n) is 9.83. The maximum atomic E-state index is 6.16. The van der Waals surface area contributed by atoms with Crippen LogP contribution in [-0.2, 0) is 0 Å². The van der Waals surface area contributed by atoms with Gasteiger partial charge in [-0.15, -0.1) is 0 Å². The number of nitrogens with zero attached hydrogens (tertiary/aromatic N) is 4. The van der Waals surface area contributed by atoms with E-state index < -0.39 is 0 Å². The van der Waals surface area contributed by atoms with Gasteiger partial charge >= 0.3 is 0 Å². The fourth-order valence-electron chi connectivity index (χ4n) is 7.19. The van der Waals surface area contributed by atoms with Crippen LogP contribution in [0.15, 0.2) is 187 Å². The quantitative estimate of drug-likeness (QED) is 0.175. The summed E-state index contributed by atoms with van der Waals surface area (Å²) in [5.74, 6) is 0.664. The summed E-state index contributed by atoms with van der Waals surface area (Å²) in [4.78, 5) is 19.4. The van der Waals surface area contributed by atoms with Crippen LogP contribution in [0.3, 0.4) is 0 Å². The van der Waals surface area contributed by atoms with Gasteiger partial charge in [-0.1, -0.05) is 97.1 Å². The molecule has 0 bridgehead atoms. The molecule has 0 atom stereocenters. The first-order valence-electron chi connectivity index (χ1n) is 17.6. The van der Waals surface area contributed by atoms with Crippen molar-refractivity contribution in [2.45, 2.75) is 0 Å². The van der Waals surface area contributed by atoms with Crippen LogP contribution < -0.4 is 0 Å². The molecule has 0 radical (unpaired) electrons. The van der Waals surface area contributed by atoms with E-state index in [1.54, 1.807) is 6.20 Å². The normalized spacial score (nSPS) is 11.4. The average Bonchev–Trinajstić information content (AvgIpc) is 3.62. The Morgan fingerprint density at radius 1 is 0.377 bits per heavy atom. The smallest absolute Gasteiger partial charge is 0.160 e. The van der Waals surface area contributed by atoms with Gasteiger partial charge in [0.05, 0.1) is 16.9 Å². The molecule has 53 heavy (non-hydrogen) atoms. The van der Waals surface area contributed by atoms with E-state index in [1.165, 1.54) is 0 Å². The number of hydrogen-bond donors (Lipinski definition) is 0. The molecular formula is C48H30N4O. The van der Waals surface area contributed by atoms with Crippen molar-refractivity contribution in [1.82, 2.24) is 19.9 Å². The van der Waals surface area contributed by atoms with Crippen molar-refractivity contribution in [2.24, 2.45) is 0 Å². The van der Waals surface area contributed by atoms with Gasteiger partial charge in [-0.05, 0) is 100 Å². The van der Waals surface area contributed by atoms with Gasteiger partial charge in [0.1, 0.15) is 11.2 Å². The number of hydrogen-bond acceptors (Lipinski definition) is 5. The number of benzene rings is 6. The molecule has 6 aromatic carbocycles. The molecule has 0 spiro atoms. The molecule has 4 heterocycles. The van der Waals surface area contributed by atoms with E-state index >= 15 is 0 Å². The Morgan fingerprint density at radius 3 is 1.91 bits per heavy atom. The van der Waals surface area contributed by atoms with Crippen LogP contribution in [0.1, 0.15) is 0 Å². The molecule has 0 amide bonds. The van der Waals surface area contributed by atoms with Crippen molar-refractivity contribution in [2.75, 3.05) is 0 Å². The highest BCUT2D eigenvalue weighted by atomic mass is 16.3. The number of furan rings is 1. The Bertz CT molecular complexity index is 2930. The van der Waals surface area contributed by atoms with Crippen LogP contribution in [0.5, 0.6) is 0 Å². The fourth-order valence-corrected chi connectivity index (χ4v) is 7.19. The molecule has 0 aliphatic carbocycles. The maximum Gasteiger partial charge on any atom is 0.160 e. The SMILES string of the molecule is c1ccc(-c2nc(-c3cc(-c4ccc(-c5cccnc5)cc4)cc(-c4cccc5ncccc45)c3)cc(-c3ccc4oc5ccccc5c4c3)n2)cc1. The van der Waals surface area contributed by atoms with Crippen molar-refractivity contribution in [3.05, 3.63) is 182 Å². The molecule has 5 nitrogen and oxygen atoms in total. The van der Waals surface area contributed by atoms with Crippen molar-refractivity contribution in [1.29, 1.82) is 0 Å². The van der Waals surface area contributed by atoms with Gasteiger partial charge in [0.15, 0.2) is 5.82 Å². The molecule has 10 rings (SSSR count). The first-order valence-corrected chi connectivity index (χ1v) is 17.6. The van der Waals surface area contributed by atoms with Gasteiger partial charge in [-0.2, -0.15) is 0 Å². The second-order valence-electron chi connectivity index (χ2n) is 13.1. The van der Waals surface area contributed by atoms with Crippen LogP contribution in [0.2, 0.25) is 0 Å². The number of aromatic nitrogens is 4. The van der Waals surface area contributed by atoms with E-state index in [-0.39, 0.29) is 0 Å². The van der Waals surface area contributed by atoms with E-state index in [2.05, 4.69) is 119 Å². The third kappa shape index (κ3) is 5.71. The summed E-state index contributed by atoms with van der Waals surface area (Å²) in [5, 5.41) is 3.24. The standard InChI is InChI=1S/C48H30N4O/c1-2-9-33(10-3-1)48-51-44(34-21-22-47-42(28-34)41-12-4-5-16-46(41)53-47)29-45(52-48)38-26-36(32-19-17-31(18-20-32)35-11-7-23-49-30-35)25-37(27-38)39-13-6-15-43-40(39)14-8-24-50-43/h1-30H. The molecule has 5 heteroatoms. The zero-order valence-corrected chi connectivity index (χ0v) is 28.5. The van der Waals surface area contributed by atoms with E-state index in [1.807, 2.05) is 67.0 Å². The highest BCUT2D eigenvalue weighted by Gasteiger charge is 2.16. The molecule has 10 aromatic rings. The lowest BCUT2D eigenvalue weighted by molar-refractivity contribution is 0.669. The van der Waals surface area contributed by atoms with E-state index in [0.29, 0.717) is 5.82 Å². The van der Waals surface area contributed by atoms with Crippen LogP contribution in [-0.4, -0.2) is 19.9 Å².